The lowest BCUT2D eigenvalue weighted by Crippen LogP contribution is -2.12. The molecule has 7 heteroatoms. The number of ether oxygens (including phenoxy) is 2. The molecule has 1 aromatic carbocycles. The molecule has 0 bridgehead atoms. The zero-order chi connectivity index (χ0) is 17.8. The summed E-state index contributed by atoms with van der Waals surface area (Å²) in [5, 5.41) is 8.30. The molecule has 3 aromatic rings. The van der Waals surface area contributed by atoms with Crippen molar-refractivity contribution in [3.63, 3.8) is 0 Å². The van der Waals surface area contributed by atoms with Crippen LogP contribution in [0.15, 0.2) is 30.3 Å². The molecule has 0 spiro atoms. The summed E-state index contributed by atoms with van der Waals surface area (Å²) < 4.78 is 12.6. The highest BCUT2D eigenvalue weighted by Crippen LogP contribution is 2.33. The minimum Gasteiger partial charge on any atom is -0.476 e. The molecular weight excluding hydrogens is 320 g/mol. The van der Waals surface area contributed by atoms with Crippen molar-refractivity contribution in [3.05, 3.63) is 35.9 Å². The van der Waals surface area contributed by atoms with Gasteiger partial charge in [-0.1, -0.05) is 35.5 Å². The van der Waals surface area contributed by atoms with Gasteiger partial charge < -0.3 is 9.47 Å². The molecule has 0 aliphatic rings. The van der Waals surface area contributed by atoms with Gasteiger partial charge in [-0.3, -0.25) is 0 Å². The van der Waals surface area contributed by atoms with E-state index in [2.05, 4.69) is 15.3 Å². The first-order chi connectivity index (χ1) is 12.2. The lowest BCUT2D eigenvalue weighted by molar-refractivity contribution is 0.0528. The average molecular weight is 340 g/mol. The Balaban J connectivity index is 2.38. The zero-order valence-electron chi connectivity index (χ0n) is 14.5. The molecule has 7 nitrogen and oxygen atoms in total. The van der Waals surface area contributed by atoms with E-state index >= 15 is 0 Å². The number of aryl methyl sites for hydroxylation is 1. The Bertz CT molecular complexity index is 890. The van der Waals surface area contributed by atoms with Crippen LogP contribution in [0.1, 0.15) is 31.1 Å². The van der Waals surface area contributed by atoms with E-state index in [9.17, 15) is 4.79 Å². The van der Waals surface area contributed by atoms with Crippen molar-refractivity contribution >= 4 is 17.0 Å². The standard InChI is InChI=1S/C18H20N4O3/c1-4-22-16-13(18(23)25-6-3)14(12-10-8-7-9-11-12)19-17(24-5-2)15(16)20-21-22/h7-11H,4-6H2,1-3H3. The molecule has 0 amide bonds. The molecule has 0 unspecified atom stereocenters. The second-order valence-corrected chi connectivity index (χ2v) is 5.26. The maximum absolute atomic E-state index is 12.7. The third kappa shape index (κ3) is 3.05. The monoisotopic (exact) mass is 340 g/mol. The van der Waals surface area contributed by atoms with Crippen LogP contribution in [-0.4, -0.2) is 39.2 Å². The Labute approximate surface area is 145 Å². The van der Waals surface area contributed by atoms with Crippen molar-refractivity contribution in [2.75, 3.05) is 13.2 Å². The summed E-state index contributed by atoms with van der Waals surface area (Å²) in [6.07, 6.45) is 0. The number of fused-ring (bicyclic) bond motifs is 1. The molecule has 0 N–H and O–H groups in total. The maximum Gasteiger partial charge on any atom is 0.342 e. The second kappa shape index (κ2) is 7.29. The number of hydrogen-bond acceptors (Lipinski definition) is 6. The van der Waals surface area contributed by atoms with Crippen LogP contribution in [0.5, 0.6) is 5.88 Å². The minimum atomic E-state index is -0.445. The number of carbonyl (C=O) groups is 1. The van der Waals surface area contributed by atoms with Gasteiger partial charge in [-0.2, -0.15) is 0 Å². The first-order valence-electron chi connectivity index (χ1n) is 8.33. The second-order valence-electron chi connectivity index (χ2n) is 5.26. The van der Waals surface area contributed by atoms with Crippen LogP contribution in [0.3, 0.4) is 0 Å². The van der Waals surface area contributed by atoms with E-state index in [-0.39, 0.29) is 6.61 Å². The fourth-order valence-corrected chi connectivity index (χ4v) is 2.69. The van der Waals surface area contributed by atoms with Crippen molar-refractivity contribution in [3.8, 4) is 17.1 Å². The van der Waals surface area contributed by atoms with Crippen LogP contribution < -0.4 is 4.74 Å². The molecule has 0 atom stereocenters. The minimum absolute atomic E-state index is 0.273. The lowest BCUT2D eigenvalue weighted by atomic mass is 10.0. The van der Waals surface area contributed by atoms with Gasteiger partial charge in [0.25, 0.3) is 0 Å². The Hall–Kier alpha value is -2.96. The fourth-order valence-electron chi connectivity index (χ4n) is 2.69. The first kappa shape index (κ1) is 16.9. The molecule has 2 aromatic heterocycles. The van der Waals surface area contributed by atoms with Crippen LogP contribution >= 0.6 is 0 Å². The predicted molar refractivity (Wildman–Crippen MR) is 93.6 cm³/mol. The van der Waals surface area contributed by atoms with Crippen molar-refractivity contribution in [1.82, 2.24) is 20.0 Å². The quantitative estimate of drug-likeness (QED) is 0.642. The van der Waals surface area contributed by atoms with Crippen LogP contribution in [0.2, 0.25) is 0 Å². The Morgan fingerprint density at radius 1 is 1.12 bits per heavy atom. The van der Waals surface area contributed by atoms with Gasteiger partial charge in [0.15, 0.2) is 5.52 Å². The Morgan fingerprint density at radius 3 is 2.52 bits per heavy atom. The summed E-state index contributed by atoms with van der Waals surface area (Å²) in [4.78, 5) is 17.3. The summed E-state index contributed by atoms with van der Waals surface area (Å²) in [5.41, 5.74) is 2.72. The summed E-state index contributed by atoms with van der Waals surface area (Å²) in [6.45, 7) is 6.86. The smallest absolute Gasteiger partial charge is 0.342 e. The van der Waals surface area contributed by atoms with Crippen LogP contribution in [0, 0.1) is 0 Å². The van der Waals surface area contributed by atoms with Gasteiger partial charge in [0.2, 0.25) is 5.88 Å². The van der Waals surface area contributed by atoms with Crippen LogP contribution in [0.4, 0.5) is 0 Å². The highest BCUT2D eigenvalue weighted by atomic mass is 16.5. The summed E-state index contributed by atoms with van der Waals surface area (Å²) >= 11 is 0. The SMILES string of the molecule is CCOC(=O)c1c(-c2ccccc2)nc(OCC)c2nnn(CC)c12. The summed E-state index contributed by atoms with van der Waals surface area (Å²) in [7, 11) is 0. The maximum atomic E-state index is 12.7. The molecule has 0 aliphatic heterocycles. The van der Waals surface area contributed by atoms with Crippen molar-refractivity contribution in [2.24, 2.45) is 0 Å². The molecule has 0 saturated heterocycles. The number of rotatable bonds is 6. The van der Waals surface area contributed by atoms with Gasteiger partial charge in [0.1, 0.15) is 11.1 Å². The Morgan fingerprint density at radius 2 is 1.88 bits per heavy atom. The van der Waals surface area contributed by atoms with E-state index in [1.807, 2.05) is 44.2 Å². The van der Waals surface area contributed by atoms with E-state index in [0.29, 0.717) is 41.3 Å². The van der Waals surface area contributed by atoms with Gasteiger partial charge in [0.05, 0.1) is 18.9 Å². The molecule has 0 aliphatic carbocycles. The number of esters is 1. The molecule has 2 heterocycles. The molecule has 0 radical (unpaired) electrons. The van der Waals surface area contributed by atoms with Gasteiger partial charge in [0, 0.05) is 12.1 Å². The highest BCUT2D eigenvalue weighted by Gasteiger charge is 2.26. The summed E-state index contributed by atoms with van der Waals surface area (Å²) in [5.74, 6) is -0.0806. The average Bonchev–Trinajstić information content (AvgIpc) is 3.06. The van der Waals surface area contributed by atoms with E-state index < -0.39 is 5.97 Å². The van der Waals surface area contributed by atoms with E-state index in [4.69, 9.17) is 9.47 Å². The number of pyridine rings is 1. The van der Waals surface area contributed by atoms with Crippen molar-refractivity contribution < 1.29 is 14.3 Å². The molecule has 130 valence electrons. The van der Waals surface area contributed by atoms with E-state index in [1.54, 1.807) is 11.6 Å². The first-order valence-corrected chi connectivity index (χ1v) is 8.33. The molecule has 0 saturated carbocycles. The molecule has 3 rings (SSSR count). The van der Waals surface area contributed by atoms with E-state index in [1.165, 1.54) is 0 Å². The third-order valence-electron chi connectivity index (χ3n) is 3.73. The lowest BCUT2D eigenvalue weighted by Gasteiger charge is -2.13. The van der Waals surface area contributed by atoms with E-state index in [0.717, 1.165) is 5.56 Å². The summed E-state index contributed by atoms with van der Waals surface area (Å²) in [6, 6.07) is 9.49. The van der Waals surface area contributed by atoms with Gasteiger partial charge >= 0.3 is 5.97 Å². The van der Waals surface area contributed by atoms with Crippen LogP contribution in [0.25, 0.3) is 22.3 Å². The van der Waals surface area contributed by atoms with Gasteiger partial charge in [-0.15, -0.1) is 5.10 Å². The van der Waals surface area contributed by atoms with Gasteiger partial charge in [-0.05, 0) is 20.8 Å². The number of benzene rings is 1. The normalized spacial score (nSPS) is 10.8. The fraction of sp³-hybridized carbons (Fsp3) is 0.333. The number of hydrogen-bond donors (Lipinski definition) is 0. The highest BCUT2D eigenvalue weighted by molar-refractivity contribution is 6.08. The largest absolute Gasteiger partial charge is 0.476 e. The molecular formula is C18H20N4O3. The van der Waals surface area contributed by atoms with Crippen molar-refractivity contribution in [1.29, 1.82) is 0 Å². The topological polar surface area (TPSA) is 79.1 Å². The zero-order valence-corrected chi connectivity index (χ0v) is 14.5. The number of carbonyl (C=O) groups excluding carboxylic acids is 1. The molecule has 0 fully saturated rings. The Kier molecular flexibility index (Phi) is 4.92. The van der Waals surface area contributed by atoms with Crippen LogP contribution in [-0.2, 0) is 11.3 Å². The number of nitrogens with zero attached hydrogens (tertiary/aromatic N) is 4. The molecule has 25 heavy (non-hydrogen) atoms. The predicted octanol–water partition coefficient (Wildman–Crippen LogP) is 3.09. The van der Waals surface area contributed by atoms with Gasteiger partial charge in [-0.25, -0.2) is 14.5 Å². The number of aromatic nitrogens is 4. The van der Waals surface area contributed by atoms with Crippen molar-refractivity contribution in [2.45, 2.75) is 27.3 Å². The third-order valence-corrected chi connectivity index (χ3v) is 3.73.